The lowest BCUT2D eigenvalue weighted by Crippen LogP contribution is -3.61. The summed E-state index contributed by atoms with van der Waals surface area (Å²) < 4.78 is 2.30. The van der Waals surface area contributed by atoms with Crippen LogP contribution in [0.3, 0.4) is 0 Å². The van der Waals surface area contributed by atoms with Crippen molar-refractivity contribution in [1.29, 1.82) is 0 Å². The predicted molar refractivity (Wildman–Crippen MR) is 71.2 cm³/mol. The van der Waals surface area contributed by atoms with E-state index in [4.69, 9.17) is 0 Å². The van der Waals surface area contributed by atoms with Crippen LogP contribution in [0.15, 0.2) is 48.5 Å². The van der Waals surface area contributed by atoms with Gasteiger partial charge in [0.25, 0.3) is 5.69 Å². The molecule has 0 aliphatic rings. The minimum Gasteiger partial charge on any atom is -1.00 e. The van der Waals surface area contributed by atoms with Crippen LogP contribution in [0.25, 0.3) is 0 Å². The Morgan fingerprint density at radius 1 is 1.05 bits per heavy atom. The summed E-state index contributed by atoms with van der Waals surface area (Å²) in [5.74, 6) is -0.0946. The summed E-state index contributed by atoms with van der Waals surface area (Å²) in [6.07, 6.45) is 0. The second kappa shape index (κ2) is 8.08. The molecule has 0 fully saturated rings. The van der Waals surface area contributed by atoms with Crippen LogP contribution in [0.5, 0.6) is 0 Å². The second-order valence-electron chi connectivity index (χ2n) is 4.02. The SMILES string of the molecule is CC(=O)Nc1ccc([I+]c2ccc([N+](=O)[O-])cc2)cc1.[Br-]. The van der Waals surface area contributed by atoms with E-state index in [1.54, 1.807) is 12.1 Å². The molecule has 0 saturated carbocycles. The molecular weight excluding hydrogens is 451 g/mol. The van der Waals surface area contributed by atoms with E-state index < -0.39 is 4.92 Å². The summed E-state index contributed by atoms with van der Waals surface area (Å²) in [6, 6.07) is 14.3. The molecule has 21 heavy (non-hydrogen) atoms. The van der Waals surface area contributed by atoms with Gasteiger partial charge in [0.15, 0.2) is 7.14 Å². The molecule has 110 valence electrons. The van der Waals surface area contributed by atoms with E-state index >= 15 is 0 Å². The number of nitrogens with one attached hydrogen (secondary N) is 1. The van der Waals surface area contributed by atoms with Crippen LogP contribution < -0.4 is 43.5 Å². The zero-order valence-corrected chi connectivity index (χ0v) is 14.8. The average molecular weight is 463 g/mol. The van der Waals surface area contributed by atoms with Gasteiger partial charge in [-0.05, 0) is 36.4 Å². The largest absolute Gasteiger partial charge is 1.00 e. The van der Waals surface area contributed by atoms with Gasteiger partial charge in [-0.2, -0.15) is 0 Å². The van der Waals surface area contributed by atoms with Gasteiger partial charge < -0.3 is 22.3 Å². The van der Waals surface area contributed by atoms with Gasteiger partial charge >= 0.3 is 21.2 Å². The smallest absolute Gasteiger partial charge is 0.357 e. The normalized spacial score (nSPS) is 9.57. The Labute approximate surface area is 142 Å². The van der Waals surface area contributed by atoms with Crippen LogP contribution >= 0.6 is 0 Å². The number of nitrogens with zero attached hydrogens (tertiary/aromatic N) is 1. The molecule has 2 rings (SSSR count). The van der Waals surface area contributed by atoms with Crippen molar-refractivity contribution in [2.24, 2.45) is 0 Å². The molecule has 2 aromatic carbocycles. The molecule has 2 aromatic rings. The van der Waals surface area contributed by atoms with Crippen molar-refractivity contribution >= 4 is 17.3 Å². The van der Waals surface area contributed by atoms with Crippen LogP contribution in [0.2, 0.25) is 0 Å². The lowest BCUT2D eigenvalue weighted by molar-refractivity contribution is -0.597. The minimum absolute atomic E-state index is 0. The van der Waals surface area contributed by atoms with Crippen molar-refractivity contribution in [3.8, 4) is 0 Å². The molecule has 0 radical (unpaired) electrons. The number of nitro groups is 1. The fraction of sp³-hybridized carbons (Fsp3) is 0.0714. The number of rotatable bonds is 4. The molecule has 5 nitrogen and oxygen atoms in total. The van der Waals surface area contributed by atoms with Crippen LogP contribution in [-0.2, 0) is 4.79 Å². The monoisotopic (exact) mass is 462 g/mol. The van der Waals surface area contributed by atoms with Crippen LogP contribution in [0.4, 0.5) is 11.4 Å². The van der Waals surface area contributed by atoms with Crippen LogP contribution in [0.1, 0.15) is 6.92 Å². The molecule has 0 bridgehead atoms. The molecule has 0 atom stereocenters. The van der Waals surface area contributed by atoms with E-state index in [1.807, 2.05) is 24.3 Å². The van der Waals surface area contributed by atoms with E-state index in [0.29, 0.717) is 0 Å². The Kier molecular flexibility index (Phi) is 6.76. The fourth-order valence-electron chi connectivity index (χ4n) is 1.55. The summed E-state index contributed by atoms with van der Waals surface area (Å²) in [6.45, 7) is 1.47. The Morgan fingerprint density at radius 2 is 1.52 bits per heavy atom. The number of carbonyl (C=O) groups excluding carboxylic acids is 1. The highest BCUT2D eigenvalue weighted by atomic mass is 127. The van der Waals surface area contributed by atoms with Crippen molar-refractivity contribution in [3.63, 3.8) is 0 Å². The number of hydrogen-bond acceptors (Lipinski definition) is 3. The first kappa shape index (κ1) is 17.6. The third-order valence-electron chi connectivity index (χ3n) is 2.42. The van der Waals surface area contributed by atoms with Gasteiger partial charge in [-0.25, -0.2) is 0 Å². The second-order valence-corrected chi connectivity index (χ2v) is 7.05. The molecule has 0 heterocycles. The van der Waals surface area contributed by atoms with E-state index in [-0.39, 0.29) is 49.8 Å². The number of halogens is 2. The van der Waals surface area contributed by atoms with E-state index in [9.17, 15) is 14.9 Å². The lowest BCUT2D eigenvalue weighted by Gasteiger charge is -1.99. The molecule has 0 aromatic heterocycles. The summed E-state index contributed by atoms with van der Waals surface area (Å²) in [5, 5.41) is 13.3. The standard InChI is InChI=1S/C14H11IN2O3.BrH/c1-10(18)16-13-6-2-11(3-7-13)15-12-4-8-14(9-5-12)17(19)20;/h2-9H,1H3;1H. The zero-order chi connectivity index (χ0) is 14.5. The molecule has 0 aliphatic carbocycles. The van der Waals surface area contributed by atoms with Crippen molar-refractivity contribution in [2.45, 2.75) is 6.92 Å². The fourth-order valence-corrected chi connectivity index (χ4v) is 3.71. The molecule has 0 unspecified atom stereocenters. The van der Waals surface area contributed by atoms with E-state index in [0.717, 1.165) is 9.26 Å². The maximum absolute atomic E-state index is 10.9. The Hall–Kier alpha value is -1.48. The van der Waals surface area contributed by atoms with Crippen molar-refractivity contribution in [2.75, 3.05) is 5.32 Å². The Bertz CT molecular complexity index is 630. The minimum atomic E-state index is -0.398. The molecule has 7 heteroatoms. The zero-order valence-electron chi connectivity index (χ0n) is 11.0. The maximum Gasteiger partial charge on any atom is 0.357 e. The first-order valence-electron chi connectivity index (χ1n) is 5.81. The van der Waals surface area contributed by atoms with Gasteiger partial charge in [0.2, 0.25) is 5.91 Å². The van der Waals surface area contributed by atoms with Gasteiger partial charge in [0.05, 0.1) is 4.92 Å². The topological polar surface area (TPSA) is 72.2 Å². The van der Waals surface area contributed by atoms with Crippen LogP contribution in [-0.4, -0.2) is 10.8 Å². The van der Waals surface area contributed by atoms with Gasteiger partial charge in [0, 0.05) is 24.7 Å². The lowest BCUT2D eigenvalue weighted by atomic mass is 10.3. The molecular formula is C14H12BrIN2O3. The number of nitro benzene ring substituents is 1. The van der Waals surface area contributed by atoms with Gasteiger partial charge in [0.1, 0.15) is 0 Å². The summed E-state index contributed by atoms with van der Waals surface area (Å²) in [5.41, 5.74) is 0.882. The highest BCUT2D eigenvalue weighted by molar-refractivity contribution is 5.88. The maximum atomic E-state index is 10.9. The van der Waals surface area contributed by atoms with Crippen molar-refractivity contribution < 1.29 is 47.9 Å². The number of non-ortho nitro benzene ring substituents is 1. The van der Waals surface area contributed by atoms with E-state index in [1.165, 1.54) is 22.6 Å². The highest BCUT2D eigenvalue weighted by Gasteiger charge is 2.16. The summed E-state index contributed by atoms with van der Waals surface area (Å²) in [4.78, 5) is 21.1. The summed E-state index contributed by atoms with van der Waals surface area (Å²) in [7, 11) is 0. The quantitative estimate of drug-likeness (QED) is 0.294. The predicted octanol–water partition coefficient (Wildman–Crippen LogP) is -3.31. The number of benzene rings is 2. The number of anilines is 1. The van der Waals surface area contributed by atoms with Crippen molar-refractivity contribution in [3.05, 3.63) is 65.8 Å². The number of hydrogen-bond donors (Lipinski definition) is 1. The summed E-state index contributed by atoms with van der Waals surface area (Å²) >= 11 is -0.373. The average Bonchev–Trinajstić information content (AvgIpc) is 2.41. The Balaban J connectivity index is 0.00000220. The van der Waals surface area contributed by atoms with Gasteiger partial charge in [-0.15, -0.1) is 0 Å². The molecule has 1 N–H and O–H groups in total. The van der Waals surface area contributed by atoms with Crippen molar-refractivity contribution in [1.82, 2.24) is 0 Å². The first-order valence-corrected chi connectivity index (χ1v) is 7.97. The number of carbonyl (C=O) groups is 1. The third-order valence-corrected chi connectivity index (χ3v) is 5.10. The molecule has 0 saturated heterocycles. The Morgan fingerprint density at radius 3 is 1.95 bits per heavy atom. The van der Waals surface area contributed by atoms with Gasteiger partial charge in [-0.1, -0.05) is 0 Å². The first-order chi connectivity index (χ1) is 9.54. The molecule has 0 spiro atoms. The highest BCUT2D eigenvalue weighted by Crippen LogP contribution is 2.07. The molecule has 1 amide bonds. The van der Waals surface area contributed by atoms with Gasteiger partial charge in [-0.3, -0.25) is 14.9 Å². The number of amides is 1. The van der Waals surface area contributed by atoms with E-state index in [2.05, 4.69) is 5.32 Å². The molecule has 0 aliphatic heterocycles. The third kappa shape index (κ3) is 5.43. The van der Waals surface area contributed by atoms with Crippen LogP contribution in [0, 0.1) is 17.3 Å².